The van der Waals surface area contributed by atoms with Crippen LogP contribution in [0.2, 0.25) is 5.02 Å². The third kappa shape index (κ3) is 5.39. The molecule has 0 spiro atoms. The van der Waals surface area contributed by atoms with Crippen molar-refractivity contribution in [2.45, 2.75) is 39.7 Å². The number of nitrogens with two attached hydrogens (primary N) is 1. The van der Waals surface area contributed by atoms with E-state index in [0.29, 0.717) is 28.9 Å². The van der Waals surface area contributed by atoms with E-state index in [1.54, 1.807) is 25.1 Å². The van der Waals surface area contributed by atoms with Crippen molar-refractivity contribution in [2.24, 2.45) is 5.92 Å². The number of rotatable bonds is 7. The maximum absolute atomic E-state index is 12.0. The van der Waals surface area contributed by atoms with Crippen LogP contribution in [0.25, 0.3) is 0 Å². The van der Waals surface area contributed by atoms with Gasteiger partial charge in [-0.05, 0) is 37.5 Å². The number of hydrogen-bond acceptors (Lipinski definition) is 3. The number of amides is 1. The number of carbonyl (C=O) groups is 1. The molecule has 0 heterocycles. The summed E-state index contributed by atoms with van der Waals surface area (Å²) in [5, 5.41) is 3.26. The first-order chi connectivity index (χ1) is 9.43. The molecule has 0 aliphatic heterocycles. The van der Waals surface area contributed by atoms with Crippen molar-refractivity contribution in [3.8, 4) is 0 Å². The van der Waals surface area contributed by atoms with Gasteiger partial charge in [-0.25, -0.2) is 0 Å². The van der Waals surface area contributed by atoms with Gasteiger partial charge in [0.2, 0.25) is 0 Å². The SMILES string of the molecule is CCCC(C)COC(C)C(=O)Nc1cc(Cl)ccc1N. The second-order valence-electron chi connectivity index (χ2n) is 5.09. The molecule has 0 aliphatic rings. The van der Waals surface area contributed by atoms with E-state index in [1.165, 1.54) is 0 Å². The van der Waals surface area contributed by atoms with Crippen LogP contribution in [0, 0.1) is 5.92 Å². The van der Waals surface area contributed by atoms with Crippen molar-refractivity contribution in [3.05, 3.63) is 23.2 Å². The molecule has 0 radical (unpaired) electrons. The molecule has 2 atom stereocenters. The van der Waals surface area contributed by atoms with Crippen LogP contribution in [0.1, 0.15) is 33.6 Å². The highest BCUT2D eigenvalue weighted by Gasteiger charge is 2.16. The van der Waals surface area contributed by atoms with Gasteiger partial charge in [0, 0.05) is 5.02 Å². The van der Waals surface area contributed by atoms with E-state index >= 15 is 0 Å². The largest absolute Gasteiger partial charge is 0.397 e. The summed E-state index contributed by atoms with van der Waals surface area (Å²) < 4.78 is 5.57. The van der Waals surface area contributed by atoms with E-state index in [4.69, 9.17) is 22.1 Å². The summed E-state index contributed by atoms with van der Waals surface area (Å²) in [7, 11) is 0. The summed E-state index contributed by atoms with van der Waals surface area (Å²) in [4.78, 5) is 12.0. The Hall–Kier alpha value is -1.26. The highest BCUT2D eigenvalue weighted by molar-refractivity contribution is 6.31. The third-order valence-corrected chi connectivity index (χ3v) is 3.29. The molecule has 0 saturated carbocycles. The van der Waals surface area contributed by atoms with Crippen molar-refractivity contribution >= 4 is 28.9 Å². The van der Waals surface area contributed by atoms with E-state index in [2.05, 4.69) is 19.2 Å². The van der Waals surface area contributed by atoms with Gasteiger partial charge in [-0.3, -0.25) is 4.79 Å². The number of benzene rings is 1. The first kappa shape index (κ1) is 16.8. The quantitative estimate of drug-likeness (QED) is 0.754. The summed E-state index contributed by atoms with van der Waals surface area (Å²) in [6.45, 7) is 6.56. The maximum Gasteiger partial charge on any atom is 0.253 e. The molecule has 0 fully saturated rings. The van der Waals surface area contributed by atoms with Crippen LogP contribution in [0.4, 0.5) is 11.4 Å². The van der Waals surface area contributed by atoms with Gasteiger partial charge in [0.15, 0.2) is 0 Å². The molecule has 0 aliphatic carbocycles. The fourth-order valence-corrected chi connectivity index (χ4v) is 2.00. The molecule has 3 N–H and O–H groups in total. The lowest BCUT2D eigenvalue weighted by atomic mass is 10.1. The van der Waals surface area contributed by atoms with Crippen molar-refractivity contribution in [1.82, 2.24) is 0 Å². The molecule has 20 heavy (non-hydrogen) atoms. The van der Waals surface area contributed by atoms with Crippen molar-refractivity contribution in [1.29, 1.82) is 0 Å². The Bertz CT molecular complexity index is 451. The Balaban J connectivity index is 2.51. The normalized spacial score (nSPS) is 13.8. The molecule has 0 bridgehead atoms. The molecule has 0 aromatic heterocycles. The zero-order chi connectivity index (χ0) is 15.1. The molecule has 1 rings (SSSR count). The average Bonchev–Trinajstić information content (AvgIpc) is 2.40. The van der Waals surface area contributed by atoms with Crippen LogP contribution >= 0.6 is 11.6 Å². The lowest BCUT2D eigenvalue weighted by Crippen LogP contribution is -2.29. The molecule has 1 aromatic rings. The second-order valence-corrected chi connectivity index (χ2v) is 5.53. The maximum atomic E-state index is 12.0. The highest BCUT2D eigenvalue weighted by atomic mass is 35.5. The lowest BCUT2D eigenvalue weighted by molar-refractivity contribution is -0.127. The molecular weight excluding hydrogens is 276 g/mol. The molecule has 1 amide bonds. The van der Waals surface area contributed by atoms with Crippen LogP contribution in [0.3, 0.4) is 0 Å². The van der Waals surface area contributed by atoms with E-state index in [-0.39, 0.29) is 5.91 Å². The molecular formula is C15H23ClN2O2. The van der Waals surface area contributed by atoms with E-state index in [9.17, 15) is 4.79 Å². The summed E-state index contributed by atoms with van der Waals surface area (Å²) in [5.41, 5.74) is 6.78. The first-order valence-corrected chi connectivity index (χ1v) is 7.29. The standard InChI is InChI=1S/C15H23ClN2O2/c1-4-5-10(2)9-20-11(3)15(19)18-14-8-12(16)6-7-13(14)17/h6-8,10-11H,4-5,9,17H2,1-3H3,(H,18,19). The minimum absolute atomic E-state index is 0.220. The van der Waals surface area contributed by atoms with E-state index in [1.807, 2.05) is 0 Å². The molecule has 1 aromatic carbocycles. The number of nitrogens with one attached hydrogen (secondary N) is 1. The predicted molar refractivity (Wildman–Crippen MR) is 84.0 cm³/mol. The van der Waals surface area contributed by atoms with Crippen LogP contribution in [0.15, 0.2) is 18.2 Å². The number of carbonyl (C=O) groups excluding carboxylic acids is 1. The molecule has 4 nitrogen and oxygen atoms in total. The van der Waals surface area contributed by atoms with Gasteiger partial charge in [0.25, 0.3) is 5.91 Å². The first-order valence-electron chi connectivity index (χ1n) is 6.91. The number of ether oxygens (including phenoxy) is 1. The number of nitrogen functional groups attached to an aromatic ring is 1. The molecule has 112 valence electrons. The Morgan fingerprint density at radius 1 is 1.45 bits per heavy atom. The molecule has 5 heteroatoms. The van der Waals surface area contributed by atoms with Crippen LogP contribution < -0.4 is 11.1 Å². The zero-order valence-electron chi connectivity index (χ0n) is 12.3. The van der Waals surface area contributed by atoms with E-state index < -0.39 is 6.10 Å². The highest BCUT2D eigenvalue weighted by Crippen LogP contribution is 2.23. The smallest absolute Gasteiger partial charge is 0.253 e. The topological polar surface area (TPSA) is 64.3 Å². The number of anilines is 2. The van der Waals surface area contributed by atoms with Crippen LogP contribution in [-0.2, 0) is 9.53 Å². The Labute approximate surface area is 125 Å². The van der Waals surface area contributed by atoms with Crippen molar-refractivity contribution in [2.75, 3.05) is 17.7 Å². The summed E-state index contributed by atoms with van der Waals surface area (Å²) >= 11 is 5.88. The summed E-state index contributed by atoms with van der Waals surface area (Å²) in [6, 6.07) is 4.97. The fourth-order valence-electron chi connectivity index (χ4n) is 1.83. The van der Waals surface area contributed by atoms with Gasteiger partial charge < -0.3 is 15.8 Å². The summed E-state index contributed by atoms with van der Waals surface area (Å²) in [5.74, 6) is 0.231. The Morgan fingerprint density at radius 3 is 2.80 bits per heavy atom. The zero-order valence-corrected chi connectivity index (χ0v) is 13.0. The van der Waals surface area contributed by atoms with Gasteiger partial charge in [-0.1, -0.05) is 31.9 Å². The van der Waals surface area contributed by atoms with Crippen LogP contribution in [-0.4, -0.2) is 18.6 Å². The minimum atomic E-state index is -0.521. The van der Waals surface area contributed by atoms with Crippen molar-refractivity contribution < 1.29 is 9.53 Å². The molecule has 2 unspecified atom stereocenters. The monoisotopic (exact) mass is 298 g/mol. The Morgan fingerprint density at radius 2 is 2.15 bits per heavy atom. The van der Waals surface area contributed by atoms with Gasteiger partial charge in [-0.2, -0.15) is 0 Å². The van der Waals surface area contributed by atoms with Gasteiger partial charge >= 0.3 is 0 Å². The summed E-state index contributed by atoms with van der Waals surface area (Å²) in [6.07, 6.45) is 1.69. The molecule has 0 saturated heterocycles. The van der Waals surface area contributed by atoms with Crippen LogP contribution in [0.5, 0.6) is 0 Å². The predicted octanol–water partition coefficient (Wildman–Crippen LogP) is 3.70. The van der Waals surface area contributed by atoms with E-state index in [0.717, 1.165) is 12.8 Å². The third-order valence-electron chi connectivity index (χ3n) is 3.05. The van der Waals surface area contributed by atoms with Gasteiger partial charge in [0.1, 0.15) is 6.10 Å². The average molecular weight is 299 g/mol. The minimum Gasteiger partial charge on any atom is -0.397 e. The van der Waals surface area contributed by atoms with Gasteiger partial charge in [-0.15, -0.1) is 0 Å². The number of halogens is 1. The fraction of sp³-hybridized carbons (Fsp3) is 0.533. The van der Waals surface area contributed by atoms with Gasteiger partial charge in [0.05, 0.1) is 18.0 Å². The van der Waals surface area contributed by atoms with Crippen molar-refractivity contribution in [3.63, 3.8) is 0 Å². The second kappa shape index (κ2) is 8.12. The Kier molecular flexibility index (Phi) is 6.82. The number of hydrogen-bond donors (Lipinski definition) is 2. The lowest BCUT2D eigenvalue weighted by Gasteiger charge is -2.17.